The third-order valence-corrected chi connectivity index (χ3v) is 4.30. The number of ether oxygens (including phenoxy) is 2. The summed E-state index contributed by atoms with van der Waals surface area (Å²) < 4.78 is 11.1. The first-order valence-corrected chi connectivity index (χ1v) is 9.04. The molecule has 5 heteroatoms. The smallest absolute Gasteiger partial charge is 0.227 e. The highest BCUT2D eigenvalue weighted by Gasteiger charge is 2.12. The summed E-state index contributed by atoms with van der Waals surface area (Å²) in [6.45, 7) is 7.67. The van der Waals surface area contributed by atoms with Gasteiger partial charge in [-0.15, -0.1) is 0 Å². The molecule has 2 aromatic rings. The van der Waals surface area contributed by atoms with Gasteiger partial charge in [-0.1, -0.05) is 12.1 Å². The lowest BCUT2D eigenvalue weighted by Crippen LogP contribution is -2.36. The van der Waals surface area contributed by atoms with Crippen LogP contribution in [0, 0.1) is 13.8 Å². The number of carbonyl (C=O) groups is 1. The maximum atomic E-state index is 12.2. The maximum Gasteiger partial charge on any atom is 0.227 e. The largest absolute Gasteiger partial charge is 0.493 e. The van der Waals surface area contributed by atoms with Gasteiger partial charge in [0.2, 0.25) is 5.91 Å². The van der Waals surface area contributed by atoms with Crippen LogP contribution >= 0.6 is 0 Å². The number of nitrogens with one attached hydrogen (secondary N) is 1. The van der Waals surface area contributed by atoms with E-state index in [-0.39, 0.29) is 5.91 Å². The number of carbonyl (C=O) groups excluding carboxylic acids is 1. The zero-order valence-corrected chi connectivity index (χ0v) is 15.5. The lowest BCUT2D eigenvalue weighted by Gasteiger charge is -2.29. The van der Waals surface area contributed by atoms with Crippen LogP contribution < -0.4 is 15.0 Å². The summed E-state index contributed by atoms with van der Waals surface area (Å²) in [6, 6.07) is 14.0. The van der Waals surface area contributed by atoms with Crippen LogP contribution in [0.1, 0.15) is 17.5 Å². The average Bonchev–Trinajstić information content (AvgIpc) is 2.62. The Morgan fingerprint density at radius 2 is 1.85 bits per heavy atom. The van der Waals surface area contributed by atoms with Crippen molar-refractivity contribution in [3.8, 4) is 5.75 Å². The molecule has 0 bridgehead atoms. The van der Waals surface area contributed by atoms with Gasteiger partial charge in [0, 0.05) is 24.5 Å². The van der Waals surface area contributed by atoms with E-state index in [0.29, 0.717) is 13.0 Å². The van der Waals surface area contributed by atoms with E-state index in [9.17, 15) is 4.79 Å². The van der Waals surface area contributed by atoms with Crippen molar-refractivity contribution < 1.29 is 14.3 Å². The van der Waals surface area contributed by atoms with E-state index < -0.39 is 0 Å². The number of rotatable bonds is 6. The summed E-state index contributed by atoms with van der Waals surface area (Å²) in [5.74, 6) is 0.762. The fraction of sp³-hybridized carbons (Fsp3) is 0.381. The van der Waals surface area contributed by atoms with Crippen molar-refractivity contribution in [3.05, 3.63) is 53.6 Å². The van der Waals surface area contributed by atoms with Crippen molar-refractivity contribution in [1.29, 1.82) is 0 Å². The molecule has 1 fully saturated rings. The number of hydrogen-bond acceptors (Lipinski definition) is 4. The van der Waals surface area contributed by atoms with Gasteiger partial charge in [0.25, 0.3) is 0 Å². The van der Waals surface area contributed by atoms with Gasteiger partial charge in [-0.3, -0.25) is 4.79 Å². The van der Waals surface area contributed by atoms with Crippen LogP contribution in [-0.4, -0.2) is 38.8 Å². The molecule has 1 heterocycles. The lowest BCUT2D eigenvalue weighted by molar-refractivity contribution is -0.116. The molecular weight excluding hydrogens is 328 g/mol. The van der Waals surface area contributed by atoms with Crippen molar-refractivity contribution in [3.63, 3.8) is 0 Å². The molecule has 0 aromatic heterocycles. The first-order chi connectivity index (χ1) is 12.6. The molecule has 1 N–H and O–H groups in total. The number of amides is 1. The Kier molecular flexibility index (Phi) is 6.12. The second-order valence-corrected chi connectivity index (χ2v) is 6.62. The van der Waals surface area contributed by atoms with Gasteiger partial charge in [0.1, 0.15) is 5.75 Å². The van der Waals surface area contributed by atoms with E-state index in [4.69, 9.17) is 9.47 Å². The van der Waals surface area contributed by atoms with Crippen molar-refractivity contribution in [2.45, 2.75) is 20.3 Å². The zero-order valence-electron chi connectivity index (χ0n) is 15.5. The van der Waals surface area contributed by atoms with Crippen LogP contribution in [0.5, 0.6) is 5.75 Å². The summed E-state index contributed by atoms with van der Waals surface area (Å²) in [7, 11) is 0. The quantitative estimate of drug-likeness (QED) is 0.862. The molecule has 5 nitrogen and oxygen atoms in total. The predicted molar refractivity (Wildman–Crippen MR) is 104 cm³/mol. The van der Waals surface area contributed by atoms with E-state index in [1.165, 1.54) is 0 Å². The van der Waals surface area contributed by atoms with Crippen molar-refractivity contribution >= 4 is 17.3 Å². The SMILES string of the molecule is Cc1cc(C)cc(OCCC(=O)Nc2cccc(N3CCOCC3)c2)c1. The number of morpholine rings is 1. The molecule has 1 aliphatic heterocycles. The van der Waals surface area contributed by atoms with Crippen LogP contribution in [0.4, 0.5) is 11.4 Å². The van der Waals surface area contributed by atoms with Crippen molar-refractivity contribution in [2.24, 2.45) is 0 Å². The molecule has 138 valence electrons. The molecule has 1 saturated heterocycles. The molecule has 1 aliphatic rings. The Morgan fingerprint density at radius 1 is 1.12 bits per heavy atom. The highest BCUT2D eigenvalue weighted by molar-refractivity contribution is 5.91. The molecule has 1 amide bonds. The van der Waals surface area contributed by atoms with Gasteiger partial charge in [-0.2, -0.15) is 0 Å². The summed E-state index contributed by atoms with van der Waals surface area (Å²) in [5.41, 5.74) is 4.23. The molecule has 26 heavy (non-hydrogen) atoms. The van der Waals surface area contributed by atoms with E-state index in [1.54, 1.807) is 0 Å². The third-order valence-electron chi connectivity index (χ3n) is 4.30. The van der Waals surface area contributed by atoms with E-state index >= 15 is 0 Å². The van der Waals surface area contributed by atoms with Gasteiger partial charge in [0.05, 0.1) is 26.2 Å². The number of benzene rings is 2. The maximum absolute atomic E-state index is 12.2. The summed E-state index contributed by atoms with van der Waals surface area (Å²) in [4.78, 5) is 14.5. The summed E-state index contributed by atoms with van der Waals surface area (Å²) in [6.07, 6.45) is 0.314. The van der Waals surface area contributed by atoms with E-state index in [0.717, 1.165) is 54.6 Å². The molecular formula is C21H26N2O3. The Bertz CT molecular complexity index is 734. The number of aryl methyl sites for hydroxylation is 2. The minimum atomic E-state index is -0.0477. The van der Waals surface area contributed by atoms with Gasteiger partial charge < -0.3 is 19.7 Å². The Balaban J connectivity index is 1.50. The zero-order chi connectivity index (χ0) is 18.4. The molecule has 0 saturated carbocycles. The Morgan fingerprint density at radius 3 is 2.58 bits per heavy atom. The van der Waals surface area contributed by atoms with Crippen molar-refractivity contribution in [2.75, 3.05) is 43.1 Å². The highest BCUT2D eigenvalue weighted by atomic mass is 16.5. The van der Waals surface area contributed by atoms with Gasteiger partial charge in [-0.05, 0) is 55.3 Å². The topological polar surface area (TPSA) is 50.8 Å². The summed E-state index contributed by atoms with van der Waals surface area (Å²) >= 11 is 0. The Hall–Kier alpha value is -2.53. The molecule has 0 atom stereocenters. The normalized spacial score (nSPS) is 14.2. The molecule has 0 radical (unpaired) electrons. The van der Waals surface area contributed by atoms with Crippen LogP contribution in [0.3, 0.4) is 0 Å². The Labute approximate surface area is 154 Å². The van der Waals surface area contributed by atoms with Crippen molar-refractivity contribution in [1.82, 2.24) is 0 Å². The van der Waals surface area contributed by atoms with Gasteiger partial charge in [0.15, 0.2) is 0 Å². The molecule has 3 rings (SSSR count). The monoisotopic (exact) mass is 354 g/mol. The number of hydrogen-bond donors (Lipinski definition) is 1. The lowest BCUT2D eigenvalue weighted by atomic mass is 10.1. The fourth-order valence-corrected chi connectivity index (χ4v) is 3.10. The van der Waals surface area contributed by atoms with Crippen LogP contribution in [-0.2, 0) is 9.53 Å². The molecule has 2 aromatic carbocycles. The van der Waals surface area contributed by atoms with Crippen LogP contribution in [0.2, 0.25) is 0 Å². The third kappa shape index (κ3) is 5.23. The fourth-order valence-electron chi connectivity index (χ4n) is 3.10. The molecule has 0 aliphatic carbocycles. The number of nitrogens with zero attached hydrogens (tertiary/aromatic N) is 1. The second kappa shape index (κ2) is 8.72. The minimum Gasteiger partial charge on any atom is -0.493 e. The van der Waals surface area contributed by atoms with E-state index in [1.807, 2.05) is 44.2 Å². The molecule has 0 spiro atoms. The molecule has 0 unspecified atom stereocenters. The predicted octanol–water partition coefficient (Wildman–Crippen LogP) is 3.55. The first kappa shape index (κ1) is 18.3. The average molecular weight is 354 g/mol. The minimum absolute atomic E-state index is 0.0477. The standard InChI is InChI=1S/C21H26N2O3/c1-16-12-17(2)14-20(13-16)26-9-6-21(24)22-18-4-3-5-19(15-18)23-7-10-25-11-8-23/h3-5,12-15H,6-11H2,1-2H3,(H,22,24). The van der Waals surface area contributed by atoms with E-state index in [2.05, 4.69) is 22.3 Å². The van der Waals surface area contributed by atoms with Crippen LogP contribution in [0.25, 0.3) is 0 Å². The van der Waals surface area contributed by atoms with Gasteiger partial charge >= 0.3 is 0 Å². The number of anilines is 2. The van der Waals surface area contributed by atoms with Gasteiger partial charge in [-0.25, -0.2) is 0 Å². The second-order valence-electron chi connectivity index (χ2n) is 6.62. The first-order valence-electron chi connectivity index (χ1n) is 9.04. The summed E-state index contributed by atoms with van der Waals surface area (Å²) in [5, 5.41) is 2.95. The highest BCUT2D eigenvalue weighted by Crippen LogP contribution is 2.21. The van der Waals surface area contributed by atoms with Crippen LogP contribution in [0.15, 0.2) is 42.5 Å².